The fourth-order valence-electron chi connectivity index (χ4n) is 1.06. The van der Waals surface area contributed by atoms with Crippen LogP contribution in [0.25, 0.3) is 0 Å². The van der Waals surface area contributed by atoms with Crippen LogP contribution in [-0.4, -0.2) is 66.0 Å². The first-order valence-corrected chi connectivity index (χ1v) is 10.0. The molecule has 0 saturated heterocycles. The Hall–Kier alpha value is 0.410. The Morgan fingerprint density at radius 1 is 0.667 bits per heavy atom. The second-order valence-corrected chi connectivity index (χ2v) is 8.87. The molecule has 18 heavy (non-hydrogen) atoms. The summed E-state index contributed by atoms with van der Waals surface area (Å²) in [5, 5.41) is 0. The molecule has 0 aliphatic heterocycles. The molecule has 0 atom stereocenters. The van der Waals surface area contributed by atoms with E-state index in [1.807, 2.05) is 0 Å². The summed E-state index contributed by atoms with van der Waals surface area (Å²) in [7, 11) is -13.1. The number of rotatable bonds is 8. The van der Waals surface area contributed by atoms with Crippen molar-refractivity contribution in [2.45, 2.75) is 0 Å². The van der Waals surface area contributed by atoms with Crippen molar-refractivity contribution in [3.05, 3.63) is 0 Å². The summed E-state index contributed by atoms with van der Waals surface area (Å²) in [4.78, 5) is 52.9. The minimum Gasteiger partial charge on any atom is -0.324 e. The van der Waals surface area contributed by atoms with Crippen LogP contribution in [0, 0.1) is 0 Å². The highest BCUT2D eigenvalue weighted by Crippen LogP contribution is 2.39. The summed E-state index contributed by atoms with van der Waals surface area (Å²) in [5.74, 6) is 0. The summed E-state index contributed by atoms with van der Waals surface area (Å²) < 4.78 is 32.0. The molecule has 0 aliphatic rings. The third kappa shape index (κ3) is 12.9. The van der Waals surface area contributed by atoms with Crippen molar-refractivity contribution in [2.75, 3.05) is 31.7 Å². The molecule has 0 bridgehead atoms. The van der Waals surface area contributed by atoms with E-state index in [0.717, 1.165) is 4.90 Å². The molecule has 0 heterocycles. The van der Waals surface area contributed by atoms with Gasteiger partial charge < -0.3 is 29.4 Å². The molecule has 110 valence electrons. The highest BCUT2D eigenvalue weighted by atomic mass is 31.2. The molecule has 0 aromatic heterocycles. The number of hydrogen-bond acceptors (Lipinski definition) is 4. The molecule has 0 unspecified atom stereocenters. The fourth-order valence-corrected chi connectivity index (χ4v) is 2.95. The van der Waals surface area contributed by atoms with Crippen LogP contribution >= 0.6 is 22.8 Å². The highest BCUT2D eigenvalue weighted by molar-refractivity contribution is 7.52. The zero-order valence-corrected chi connectivity index (χ0v) is 11.9. The summed E-state index contributed by atoms with van der Waals surface area (Å²) in [6, 6.07) is 0. The lowest BCUT2D eigenvalue weighted by molar-refractivity contribution is 0.282. The smallest absolute Gasteiger partial charge is 0.324 e. The van der Waals surface area contributed by atoms with E-state index >= 15 is 0 Å². The van der Waals surface area contributed by atoms with Gasteiger partial charge in [-0.05, 0) is 0 Å². The van der Waals surface area contributed by atoms with Gasteiger partial charge in [-0.2, -0.15) is 0 Å². The Morgan fingerprint density at radius 3 is 1.22 bits per heavy atom. The SMILES string of the molecule is O=P(O)(O)CCN(CCP(=O)(O)O)CP(=O)(O)O. The Morgan fingerprint density at radius 2 is 1.00 bits per heavy atom. The summed E-state index contributed by atoms with van der Waals surface area (Å²) in [6.45, 7) is -0.731. The third-order valence-electron chi connectivity index (χ3n) is 1.80. The standard InChI is InChI=1S/C5H16NO9P3/c7-16(8,9)3-1-6(5-18(13,14)15)2-4-17(10,11)12/h1-5H2,(H2,7,8,9)(H2,10,11,12)(H2,13,14,15). The Labute approximate surface area is 103 Å². The third-order valence-corrected chi connectivity index (χ3v) is 4.13. The topological polar surface area (TPSA) is 176 Å². The fraction of sp³-hybridized carbons (Fsp3) is 1.00. The van der Waals surface area contributed by atoms with Crippen molar-refractivity contribution in [1.29, 1.82) is 0 Å². The summed E-state index contributed by atoms with van der Waals surface area (Å²) >= 11 is 0. The normalized spacial score (nSPS) is 14.2. The minimum atomic E-state index is -4.47. The van der Waals surface area contributed by atoms with Gasteiger partial charge in [-0.3, -0.25) is 18.6 Å². The zero-order valence-electron chi connectivity index (χ0n) is 9.23. The maximum absolute atomic E-state index is 10.8. The average molecular weight is 327 g/mol. The maximum Gasteiger partial charge on any atom is 0.339 e. The predicted octanol–water partition coefficient (Wildman–Crippen LogP) is -1.22. The van der Waals surface area contributed by atoms with E-state index in [1.165, 1.54) is 0 Å². The molecule has 13 heteroatoms. The minimum absolute atomic E-state index is 0.366. The molecule has 0 amide bonds. The van der Waals surface area contributed by atoms with E-state index in [9.17, 15) is 13.7 Å². The van der Waals surface area contributed by atoms with Crippen molar-refractivity contribution < 1.29 is 43.1 Å². The molecule has 0 radical (unpaired) electrons. The highest BCUT2D eigenvalue weighted by Gasteiger charge is 2.24. The molecule has 0 aromatic carbocycles. The Bertz CT molecular complexity index is 367. The molecule has 0 fully saturated rings. The van der Waals surface area contributed by atoms with Gasteiger partial charge >= 0.3 is 22.8 Å². The molecule has 10 nitrogen and oxygen atoms in total. The van der Waals surface area contributed by atoms with Gasteiger partial charge in [-0.25, -0.2) is 0 Å². The molecular weight excluding hydrogens is 311 g/mol. The largest absolute Gasteiger partial charge is 0.339 e. The van der Waals surface area contributed by atoms with Crippen LogP contribution < -0.4 is 0 Å². The van der Waals surface area contributed by atoms with Crippen LogP contribution in [0.15, 0.2) is 0 Å². The van der Waals surface area contributed by atoms with Crippen LogP contribution in [0.1, 0.15) is 0 Å². The monoisotopic (exact) mass is 327 g/mol. The first-order chi connectivity index (χ1) is 7.79. The molecule has 0 saturated carbocycles. The van der Waals surface area contributed by atoms with E-state index in [-0.39, 0.29) is 13.1 Å². The first kappa shape index (κ1) is 18.4. The van der Waals surface area contributed by atoms with E-state index in [2.05, 4.69) is 0 Å². The number of nitrogens with zero attached hydrogens (tertiary/aromatic N) is 1. The van der Waals surface area contributed by atoms with Crippen molar-refractivity contribution >= 4 is 22.8 Å². The van der Waals surface area contributed by atoms with Gasteiger partial charge in [0, 0.05) is 13.1 Å². The van der Waals surface area contributed by atoms with Crippen LogP contribution in [0.2, 0.25) is 0 Å². The van der Waals surface area contributed by atoms with Crippen molar-refractivity contribution in [3.63, 3.8) is 0 Å². The van der Waals surface area contributed by atoms with Crippen LogP contribution in [0.3, 0.4) is 0 Å². The van der Waals surface area contributed by atoms with E-state index in [1.54, 1.807) is 0 Å². The van der Waals surface area contributed by atoms with E-state index in [0.29, 0.717) is 0 Å². The lowest BCUT2D eigenvalue weighted by atomic mass is 10.6. The van der Waals surface area contributed by atoms with Gasteiger partial charge in [0.05, 0.1) is 12.3 Å². The van der Waals surface area contributed by atoms with Gasteiger partial charge in [-0.1, -0.05) is 0 Å². The first-order valence-electron chi connectivity index (χ1n) is 4.65. The molecule has 0 aliphatic carbocycles. The maximum atomic E-state index is 10.8. The van der Waals surface area contributed by atoms with Crippen LogP contribution in [-0.2, 0) is 13.7 Å². The van der Waals surface area contributed by atoms with Crippen molar-refractivity contribution in [1.82, 2.24) is 4.90 Å². The second kappa shape index (κ2) is 6.72. The van der Waals surface area contributed by atoms with Crippen molar-refractivity contribution in [2.24, 2.45) is 0 Å². The zero-order chi connectivity index (χ0) is 14.6. The molecule has 6 N–H and O–H groups in total. The van der Waals surface area contributed by atoms with Gasteiger partial charge in [0.1, 0.15) is 6.29 Å². The quantitative estimate of drug-likeness (QED) is 0.296. The molecular formula is C5H16NO9P3. The molecule has 0 aromatic rings. The average Bonchev–Trinajstić information content (AvgIpc) is 2.05. The van der Waals surface area contributed by atoms with Gasteiger partial charge in [0.2, 0.25) is 0 Å². The van der Waals surface area contributed by atoms with E-state index < -0.39 is 41.4 Å². The van der Waals surface area contributed by atoms with E-state index in [4.69, 9.17) is 29.4 Å². The van der Waals surface area contributed by atoms with Gasteiger partial charge in [-0.15, -0.1) is 0 Å². The van der Waals surface area contributed by atoms with Crippen LogP contribution in [0.4, 0.5) is 0 Å². The number of hydrogen-bond donors (Lipinski definition) is 6. The Balaban J connectivity index is 4.48. The van der Waals surface area contributed by atoms with Gasteiger partial charge in [0.15, 0.2) is 0 Å². The lowest BCUT2D eigenvalue weighted by Crippen LogP contribution is -2.30. The summed E-state index contributed by atoms with van der Waals surface area (Å²) in [5.41, 5.74) is 0. The second-order valence-electron chi connectivity index (χ2n) is 3.70. The van der Waals surface area contributed by atoms with Crippen molar-refractivity contribution in [3.8, 4) is 0 Å². The predicted molar refractivity (Wildman–Crippen MR) is 62.3 cm³/mol. The van der Waals surface area contributed by atoms with Gasteiger partial charge in [0.25, 0.3) is 0 Å². The molecule has 0 spiro atoms. The summed E-state index contributed by atoms with van der Waals surface area (Å²) in [6.07, 6.45) is -2.10. The lowest BCUT2D eigenvalue weighted by Gasteiger charge is -2.22. The van der Waals surface area contributed by atoms with Crippen LogP contribution in [0.5, 0.6) is 0 Å². The Kier molecular flexibility index (Phi) is 6.87. The molecule has 0 rings (SSSR count).